The minimum absolute atomic E-state index is 0.102. The minimum Gasteiger partial charge on any atom is -0.302 e. The van der Waals surface area contributed by atoms with Gasteiger partial charge in [-0.2, -0.15) is 0 Å². The number of carbonyl (C=O) groups is 1. The van der Waals surface area contributed by atoms with Crippen LogP contribution < -0.4 is 4.90 Å². The van der Waals surface area contributed by atoms with Gasteiger partial charge in [0.05, 0.1) is 0 Å². The Bertz CT molecular complexity index is 1060. The maximum atomic E-state index is 13.5. The highest BCUT2D eigenvalue weighted by molar-refractivity contribution is 6.08. The number of fused-ring (bicyclic) bond motifs is 1. The zero-order valence-electron chi connectivity index (χ0n) is 17.4. The van der Waals surface area contributed by atoms with Gasteiger partial charge in [0.2, 0.25) is 0 Å². The van der Waals surface area contributed by atoms with Crippen molar-refractivity contribution in [3.63, 3.8) is 0 Å². The molecule has 0 radical (unpaired) electrons. The molecule has 3 heteroatoms. The second kappa shape index (κ2) is 6.84. The smallest absolute Gasteiger partial charge is 0.258 e. The Labute approximate surface area is 172 Å². The molecule has 148 valence electrons. The Kier molecular flexibility index (Phi) is 4.57. The zero-order valence-corrected chi connectivity index (χ0v) is 17.4. The van der Waals surface area contributed by atoms with Gasteiger partial charge < -0.3 is 4.90 Å². The summed E-state index contributed by atoms with van der Waals surface area (Å²) in [4.78, 5) is 15.4. The third-order valence-electron chi connectivity index (χ3n) is 6.08. The van der Waals surface area contributed by atoms with Crippen molar-refractivity contribution in [1.29, 1.82) is 0 Å². The predicted molar refractivity (Wildman–Crippen MR) is 116 cm³/mol. The number of anilines is 1. The van der Waals surface area contributed by atoms with Crippen LogP contribution in [0.5, 0.6) is 0 Å². The molecule has 2 nitrogen and oxygen atoms in total. The van der Waals surface area contributed by atoms with E-state index in [1.165, 1.54) is 23.3 Å². The van der Waals surface area contributed by atoms with Crippen molar-refractivity contribution in [3.05, 3.63) is 101 Å². The molecule has 0 aliphatic carbocycles. The van der Waals surface area contributed by atoms with Crippen LogP contribution in [0.1, 0.15) is 54.2 Å². The second-order valence-electron chi connectivity index (χ2n) is 8.86. The van der Waals surface area contributed by atoms with Crippen LogP contribution in [0.15, 0.2) is 72.8 Å². The molecule has 3 aromatic rings. The van der Waals surface area contributed by atoms with Crippen LogP contribution in [-0.2, 0) is 5.41 Å². The molecule has 0 fully saturated rings. The van der Waals surface area contributed by atoms with E-state index in [9.17, 15) is 9.18 Å². The second-order valence-corrected chi connectivity index (χ2v) is 8.86. The molecular weight excluding hydrogens is 361 g/mol. The van der Waals surface area contributed by atoms with Crippen molar-refractivity contribution in [2.45, 2.75) is 45.1 Å². The molecule has 0 saturated heterocycles. The van der Waals surface area contributed by atoms with Crippen LogP contribution in [0.25, 0.3) is 0 Å². The van der Waals surface area contributed by atoms with Crippen molar-refractivity contribution in [2.75, 3.05) is 4.90 Å². The van der Waals surface area contributed by atoms with Gasteiger partial charge in [0.15, 0.2) is 0 Å². The first-order valence-electron chi connectivity index (χ1n) is 9.99. The highest BCUT2D eigenvalue weighted by atomic mass is 19.1. The molecule has 3 aromatic carbocycles. The summed E-state index contributed by atoms with van der Waals surface area (Å²) in [5.74, 6) is -0.442. The van der Waals surface area contributed by atoms with Crippen molar-refractivity contribution in [1.82, 2.24) is 0 Å². The van der Waals surface area contributed by atoms with Crippen LogP contribution in [0.2, 0.25) is 0 Å². The SMILES string of the molecule is Cc1ccc2c(c1)[C@@](C)(c1ccccc1)CC(C)(C)N2C(=O)c1ccc(F)cc1. The molecule has 0 spiro atoms. The number of hydrogen-bond acceptors (Lipinski definition) is 1. The van der Waals surface area contributed by atoms with Gasteiger partial charge in [0.25, 0.3) is 5.91 Å². The van der Waals surface area contributed by atoms with Crippen LogP contribution >= 0.6 is 0 Å². The molecule has 0 bridgehead atoms. The Morgan fingerprint density at radius 1 is 0.931 bits per heavy atom. The number of amides is 1. The lowest BCUT2D eigenvalue weighted by molar-refractivity contribution is 0.0948. The maximum absolute atomic E-state index is 13.5. The van der Waals surface area contributed by atoms with E-state index in [1.807, 2.05) is 17.0 Å². The third-order valence-corrected chi connectivity index (χ3v) is 6.08. The topological polar surface area (TPSA) is 20.3 Å². The number of nitrogens with zero attached hydrogens (tertiary/aromatic N) is 1. The number of carbonyl (C=O) groups excluding carboxylic acids is 1. The fourth-order valence-electron chi connectivity index (χ4n) is 4.82. The average Bonchev–Trinajstić information content (AvgIpc) is 2.69. The molecule has 4 rings (SSSR count). The molecular formula is C26H26FNO. The summed E-state index contributed by atoms with van der Waals surface area (Å²) in [6.45, 7) is 8.57. The van der Waals surface area contributed by atoms with Crippen molar-refractivity contribution in [2.24, 2.45) is 0 Å². The molecule has 0 N–H and O–H groups in total. The van der Waals surface area contributed by atoms with Gasteiger partial charge in [-0.25, -0.2) is 4.39 Å². The van der Waals surface area contributed by atoms with Gasteiger partial charge in [0.1, 0.15) is 5.82 Å². The summed E-state index contributed by atoms with van der Waals surface area (Å²) in [6, 6.07) is 22.6. The molecule has 0 unspecified atom stereocenters. The fraction of sp³-hybridized carbons (Fsp3) is 0.269. The van der Waals surface area contributed by atoms with Gasteiger partial charge >= 0.3 is 0 Å². The van der Waals surface area contributed by atoms with Crippen LogP contribution in [0.3, 0.4) is 0 Å². The summed E-state index contributed by atoms with van der Waals surface area (Å²) in [6.07, 6.45) is 0.785. The summed E-state index contributed by atoms with van der Waals surface area (Å²) in [5, 5.41) is 0. The Balaban J connectivity index is 1.91. The molecule has 1 atom stereocenters. The summed E-state index contributed by atoms with van der Waals surface area (Å²) >= 11 is 0. The lowest BCUT2D eigenvalue weighted by atomic mass is 9.65. The minimum atomic E-state index is -0.418. The molecule has 29 heavy (non-hydrogen) atoms. The third kappa shape index (κ3) is 3.25. The van der Waals surface area contributed by atoms with Crippen LogP contribution in [-0.4, -0.2) is 11.4 Å². The molecule has 1 heterocycles. The van der Waals surface area contributed by atoms with E-state index in [0.29, 0.717) is 5.56 Å². The maximum Gasteiger partial charge on any atom is 0.258 e. The zero-order chi connectivity index (χ0) is 20.8. The molecule has 1 amide bonds. The Morgan fingerprint density at radius 2 is 1.59 bits per heavy atom. The Morgan fingerprint density at radius 3 is 2.24 bits per heavy atom. The van der Waals surface area contributed by atoms with Gasteiger partial charge in [-0.15, -0.1) is 0 Å². The number of hydrogen-bond donors (Lipinski definition) is 0. The van der Waals surface area contributed by atoms with E-state index in [4.69, 9.17) is 0 Å². The molecule has 1 aliphatic heterocycles. The lowest BCUT2D eigenvalue weighted by Gasteiger charge is -2.51. The van der Waals surface area contributed by atoms with Gasteiger partial charge in [-0.05, 0) is 68.7 Å². The normalized spacial score (nSPS) is 20.2. The molecule has 1 aliphatic rings. The van der Waals surface area contributed by atoms with Crippen LogP contribution in [0, 0.1) is 12.7 Å². The summed E-state index contributed by atoms with van der Waals surface area (Å²) < 4.78 is 13.4. The average molecular weight is 387 g/mol. The van der Waals surface area contributed by atoms with Gasteiger partial charge in [-0.3, -0.25) is 4.79 Å². The first-order valence-corrected chi connectivity index (χ1v) is 9.99. The fourth-order valence-corrected chi connectivity index (χ4v) is 4.82. The summed E-state index contributed by atoms with van der Waals surface area (Å²) in [5.41, 5.74) is 4.35. The first kappa shape index (κ1) is 19.4. The first-order chi connectivity index (χ1) is 13.7. The standard InChI is InChI=1S/C26H26FNO/c1-18-10-15-23-22(16-18)26(4,20-8-6-5-7-9-20)17-25(2,3)28(23)24(29)19-11-13-21(27)14-12-19/h5-16H,17H2,1-4H3/t26-/m1/s1. The number of benzene rings is 3. The van der Waals surface area contributed by atoms with Crippen LogP contribution in [0.4, 0.5) is 10.1 Å². The highest BCUT2D eigenvalue weighted by Crippen LogP contribution is 2.51. The van der Waals surface area contributed by atoms with E-state index in [2.05, 4.69) is 64.1 Å². The van der Waals surface area contributed by atoms with E-state index < -0.39 is 5.54 Å². The van der Waals surface area contributed by atoms with E-state index in [0.717, 1.165) is 17.7 Å². The number of aryl methyl sites for hydroxylation is 1. The van der Waals surface area contributed by atoms with Gasteiger partial charge in [-0.1, -0.05) is 55.0 Å². The molecule has 0 aromatic heterocycles. The van der Waals surface area contributed by atoms with E-state index >= 15 is 0 Å². The van der Waals surface area contributed by atoms with Gasteiger partial charge in [0, 0.05) is 22.2 Å². The largest absolute Gasteiger partial charge is 0.302 e. The summed E-state index contributed by atoms with van der Waals surface area (Å²) in [7, 11) is 0. The molecule has 0 saturated carbocycles. The number of halogens is 1. The van der Waals surface area contributed by atoms with Crippen molar-refractivity contribution in [3.8, 4) is 0 Å². The highest BCUT2D eigenvalue weighted by Gasteiger charge is 2.47. The van der Waals surface area contributed by atoms with Crippen molar-refractivity contribution >= 4 is 11.6 Å². The quantitative estimate of drug-likeness (QED) is 0.507. The predicted octanol–water partition coefficient (Wildman–Crippen LogP) is 6.27. The van der Waals surface area contributed by atoms with Crippen molar-refractivity contribution < 1.29 is 9.18 Å². The van der Waals surface area contributed by atoms with E-state index in [1.54, 1.807) is 12.1 Å². The Hall–Kier alpha value is -2.94. The van der Waals surface area contributed by atoms with E-state index in [-0.39, 0.29) is 17.1 Å². The number of rotatable bonds is 2. The lowest BCUT2D eigenvalue weighted by Crippen LogP contribution is -2.55. The monoisotopic (exact) mass is 387 g/mol.